The third kappa shape index (κ3) is 7.93. The number of benzene rings is 2. The minimum absolute atomic E-state index is 0.0284. The first-order chi connectivity index (χ1) is 16.3. The molecule has 0 spiro atoms. The molecule has 0 radical (unpaired) electrons. The van der Waals surface area contributed by atoms with E-state index in [-0.39, 0.29) is 49.4 Å². The highest BCUT2D eigenvalue weighted by atomic mass is 35.5. The summed E-state index contributed by atoms with van der Waals surface area (Å²) in [6.07, 6.45) is 1.27. The van der Waals surface area contributed by atoms with Crippen molar-refractivity contribution in [2.24, 2.45) is 0 Å². The van der Waals surface area contributed by atoms with Crippen LogP contribution in [0.4, 0.5) is 10.1 Å². The lowest BCUT2D eigenvalue weighted by Gasteiger charge is -2.30. The Morgan fingerprint density at radius 2 is 1.74 bits per heavy atom. The van der Waals surface area contributed by atoms with Crippen LogP contribution in [0.5, 0.6) is 0 Å². The average Bonchev–Trinajstić information content (AvgIpc) is 2.76. The van der Waals surface area contributed by atoms with E-state index in [1.54, 1.807) is 50.2 Å². The van der Waals surface area contributed by atoms with Crippen LogP contribution >= 0.6 is 11.6 Å². The molecule has 0 fully saturated rings. The van der Waals surface area contributed by atoms with E-state index >= 15 is 0 Å². The summed E-state index contributed by atoms with van der Waals surface area (Å²) in [7, 11) is -3.64. The van der Waals surface area contributed by atoms with E-state index < -0.39 is 21.9 Å². The van der Waals surface area contributed by atoms with Crippen molar-refractivity contribution in [1.82, 2.24) is 10.2 Å². The number of carbonyl (C=O) groups is 2. The first-order valence-corrected chi connectivity index (χ1v) is 13.6. The Hall–Kier alpha value is -2.65. The number of halogens is 2. The monoisotopic (exact) mass is 525 g/mol. The van der Waals surface area contributed by atoms with Gasteiger partial charge in [-0.15, -0.1) is 0 Å². The van der Waals surface area contributed by atoms with Crippen LogP contribution in [0, 0.1) is 12.7 Å². The van der Waals surface area contributed by atoms with Crippen LogP contribution in [0.3, 0.4) is 0 Å². The van der Waals surface area contributed by atoms with E-state index in [0.29, 0.717) is 16.3 Å². The number of rotatable bonds is 11. The van der Waals surface area contributed by atoms with Gasteiger partial charge in [0.1, 0.15) is 11.9 Å². The maximum atomic E-state index is 14.3. The molecule has 7 nitrogen and oxygen atoms in total. The Morgan fingerprint density at radius 1 is 1.09 bits per heavy atom. The van der Waals surface area contributed by atoms with Gasteiger partial charge < -0.3 is 10.2 Å². The number of nitrogens with one attached hydrogen (secondary N) is 1. The number of hydrogen-bond acceptors (Lipinski definition) is 4. The minimum atomic E-state index is -3.64. The quantitative estimate of drug-likeness (QED) is 0.474. The van der Waals surface area contributed by atoms with Crippen LogP contribution in [0.2, 0.25) is 5.02 Å². The Kier molecular flexibility index (Phi) is 10.1. The predicted octanol–water partition coefficient (Wildman–Crippen LogP) is 4.28. The largest absolute Gasteiger partial charge is 0.352 e. The zero-order valence-corrected chi connectivity index (χ0v) is 22.3. The lowest BCUT2D eigenvalue weighted by atomic mass is 10.1. The van der Waals surface area contributed by atoms with Crippen LogP contribution in [-0.2, 0) is 26.2 Å². The van der Waals surface area contributed by atoms with E-state index in [1.807, 2.05) is 13.8 Å². The molecule has 0 saturated heterocycles. The molecule has 1 atom stereocenters. The van der Waals surface area contributed by atoms with Gasteiger partial charge in [-0.3, -0.25) is 13.9 Å². The third-order valence-electron chi connectivity index (χ3n) is 5.56. The molecule has 0 aromatic heterocycles. The topological polar surface area (TPSA) is 86.8 Å². The second kappa shape index (κ2) is 12.4. The van der Waals surface area contributed by atoms with Crippen molar-refractivity contribution in [1.29, 1.82) is 0 Å². The van der Waals surface area contributed by atoms with Crippen LogP contribution in [-0.4, -0.2) is 50.0 Å². The summed E-state index contributed by atoms with van der Waals surface area (Å²) in [5.74, 6) is -1.20. The summed E-state index contributed by atoms with van der Waals surface area (Å²) in [4.78, 5) is 27.2. The van der Waals surface area contributed by atoms with Gasteiger partial charge in [0, 0.05) is 36.1 Å². The fourth-order valence-corrected chi connectivity index (χ4v) is 4.83. The fourth-order valence-electron chi connectivity index (χ4n) is 3.65. The smallest absolute Gasteiger partial charge is 0.242 e. The second-order valence-corrected chi connectivity index (χ2v) is 11.1. The first-order valence-electron chi connectivity index (χ1n) is 11.4. The molecule has 192 valence electrons. The Labute approximate surface area is 212 Å². The van der Waals surface area contributed by atoms with E-state index in [1.165, 1.54) is 15.3 Å². The van der Waals surface area contributed by atoms with Gasteiger partial charge in [0.2, 0.25) is 21.8 Å². The lowest BCUT2D eigenvalue weighted by Crippen LogP contribution is -2.49. The molecule has 0 aliphatic carbocycles. The molecule has 2 aromatic carbocycles. The molecule has 2 rings (SSSR count). The Balaban J connectivity index is 2.22. The molecule has 35 heavy (non-hydrogen) atoms. The maximum absolute atomic E-state index is 14.3. The first kappa shape index (κ1) is 28.6. The zero-order chi connectivity index (χ0) is 26.3. The number of nitrogens with zero attached hydrogens (tertiary/aromatic N) is 2. The number of anilines is 1. The van der Waals surface area contributed by atoms with Crippen molar-refractivity contribution < 1.29 is 22.4 Å². The molecule has 2 aromatic rings. The van der Waals surface area contributed by atoms with E-state index in [9.17, 15) is 22.4 Å². The molecular formula is C25H33ClFN3O4S. The molecule has 1 unspecified atom stereocenters. The number of amides is 2. The molecule has 2 amide bonds. The predicted molar refractivity (Wildman–Crippen MR) is 137 cm³/mol. The molecule has 0 aliphatic heterocycles. The number of hydrogen-bond donors (Lipinski definition) is 1. The normalized spacial score (nSPS) is 12.3. The standard InChI is InChI=1S/C25H33ClFN3O4S/c1-17(2)28-25(32)19(4)29(16-20-10-6-7-12-22(20)27)24(31)14-9-15-30(35(5,33)34)23-13-8-11-21(26)18(23)3/h6-8,10-13,17,19H,9,14-16H2,1-5H3,(H,28,32). The summed E-state index contributed by atoms with van der Waals surface area (Å²) >= 11 is 6.17. The summed E-state index contributed by atoms with van der Waals surface area (Å²) in [6, 6.07) is 10.1. The highest BCUT2D eigenvalue weighted by Crippen LogP contribution is 2.28. The molecule has 0 aliphatic rings. The number of sulfonamides is 1. The Bertz CT molecular complexity index is 1160. The van der Waals surface area contributed by atoms with Gasteiger partial charge in [0.25, 0.3) is 0 Å². The van der Waals surface area contributed by atoms with Crippen molar-refractivity contribution in [3.8, 4) is 0 Å². The molecule has 0 saturated carbocycles. The van der Waals surface area contributed by atoms with Crippen molar-refractivity contribution >= 4 is 39.1 Å². The molecule has 1 N–H and O–H groups in total. The molecular weight excluding hydrogens is 493 g/mol. The number of carbonyl (C=O) groups excluding carboxylic acids is 2. The van der Waals surface area contributed by atoms with Crippen molar-refractivity contribution in [3.63, 3.8) is 0 Å². The third-order valence-corrected chi connectivity index (χ3v) is 7.15. The van der Waals surface area contributed by atoms with Crippen molar-refractivity contribution in [3.05, 3.63) is 64.4 Å². The van der Waals surface area contributed by atoms with Gasteiger partial charge in [-0.05, 0) is 57.9 Å². The lowest BCUT2D eigenvalue weighted by molar-refractivity contribution is -0.140. The Morgan fingerprint density at radius 3 is 2.34 bits per heavy atom. The average molecular weight is 526 g/mol. The van der Waals surface area contributed by atoms with E-state index in [4.69, 9.17) is 11.6 Å². The van der Waals surface area contributed by atoms with Crippen LogP contribution < -0.4 is 9.62 Å². The summed E-state index contributed by atoms with van der Waals surface area (Å²) < 4.78 is 40.5. The maximum Gasteiger partial charge on any atom is 0.242 e. The molecule has 10 heteroatoms. The van der Waals surface area contributed by atoms with Crippen LogP contribution in [0.15, 0.2) is 42.5 Å². The minimum Gasteiger partial charge on any atom is -0.352 e. The highest BCUT2D eigenvalue weighted by Gasteiger charge is 2.28. The fraction of sp³-hybridized carbons (Fsp3) is 0.440. The van der Waals surface area contributed by atoms with Crippen LogP contribution in [0.25, 0.3) is 0 Å². The zero-order valence-electron chi connectivity index (χ0n) is 20.7. The van der Waals surface area contributed by atoms with Gasteiger partial charge in [0.15, 0.2) is 0 Å². The molecule has 0 heterocycles. The van der Waals surface area contributed by atoms with Gasteiger partial charge in [-0.2, -0.15) is 0 Å². The van der Waals surface area contributed by atoms with Gasteiger partial charge in [0.05, 0.1) is 11.9 Å². The van der Waals surface area contributed by atoms with Crippen LogP contribution in [0.1, 0.15) is 44.7 Å². The van der Waals surface area contributed by atoms with E-state index in [2.05, 4.69) is 5.32 Å². The van der Waals surface area contributed by atoms with Gasteiger partial charge in [-0.25, -0.2) is 12.8 Å². The summed E-state index contributed by atoms with van der Waals surface area (Å²) in [5.41, 5.74) is 1.35. The summed E-state index contributed by atoms with van der Waals surface area (Å²) in [6.45, 7) is 6.91. The molecule has 0 bridgehead atoms. The summed E-state index contributed by atoms with van der Waals surface area (Å²) in [5, 5.41) is 3.22. The van der Waals surface area contributed by atoms with Crippen molar-refractivity contribution in [2.75, 3.05) is 17.1 Å². The van der Waals surface area contributed by atoms with Gasteiger partial charge >= 0.3 is 0 Å². The van der Waals surface area contributed by atoms with Crippen molar-refractivity contribution in [2.45, 2.75) is 59.2 Å². The highest BCUT2D eigenvalue weighted by molar-refractivity contribution is 7.92. The van der Waals surface area contributed by atoms with E-state index in [0.717, 1.165) is 6.26 Å². The van der Waals surface area contributed by atoms with Gasteiger partial charge in [-0.1, -0.05) is 35.9 Å². The SMILES string of the molecule is Cc1c(Cl)cccc1N(CCCC(=O)N(Cc1ccccc1F)C(C)C(=O)NC(C)C)S(C)(=O)=O. The second-order valence-electron chi connectivity index (χ2n) is 8.77.